The lowest BCUT2D eigenvalue weighted by molar-refractivity contribution is -0.120. The van der Waals surface area contributed by atoms with Crippen molar-refractivity contribution in [1.29, 1.82) is 0 Å². The van der Waals surface area contributed by atoms with E-state index in [0.29, 0.717) is 12.3 Å². The Hall–Kier alpha value is -3.09. The highest BCUT2D eigenvalue weighted by molar-refractivity contribution is 5.83. The predicted octanol–water partition coefficient (Wildman–Crippen LogP) is 1.95. The molecule has 7 heteroatoms. The summed E-state index contributed by atoms with van der Waals surface area (Å²) in [5.74, 6) is 0.0376. The Morgan fingerprint density at radius 3 is 2.40 bits per heavy atom. The molecule has 0 atom stereocenters. The van der Waals surface area contributed by atoms with Gasteiger partial charge in [0.2, 0.25) is 5.91 Å². The van der Waals surface area contributed by atoms with Crippen molar-refractivity contribution in [3.8, 4) is 5.75 Å². The van der Waals surface area contributed by atoms with Crippen molar-refractivity contribution in [1.82, 2.24) is 16.0 Å². The number of rotatable bonds is 7. The van der Waals surface area contributed by atoms with Crippen LogP contribution < -0.4 is 20.7 Å². The van der Waals surface area contributed by atoms with Gasteiger partial charge in [-0.25, -0.2) is 9.18 Å². The molecule has 0 aliphatic heterocycles. The Bertz CT molecular complexity index is 720. The maximum absolute atomic E-state index is 12.8. The molecule has 0 aliphatic rings. The molecular weight excluding hydrogens is 325 g/mol. The first-order valence-electron chi connectivity index (χ1n) is 7.73. The van der Waals surface area contributed by atoms with Crippen molar-refractivity contribution in [3.63, 3.8) is 0 Å². The molecule has 2 aromatic carbocycles. The molecule has 6 nitrogen and oxygen atoms in total. The first kappa shape index (κ1) is 18.3. The minimum Gasteiger partial charge on any atom is -0.496 e. The summed E-state index contributed by atoms with van der Waals surface area (Å²) in [5, 5.41) is 7.76. The van der Waals surface area contributed by atoms with Gasteiger partial charge in [0.1, 0.15) is 11.6 Å². The van der Waals surface area contributed by atoms with E-state index in [0.717, 1.165) is 11.1 Å². The minimum atomic E-state index is -0.475. The van der Waals surface area contributed by atoms with Gasteiger partial charge in [0.05, 0.1) is 13.7 Å². The number of amides is 3. The second-order valence-corrected chi connectivity index (χ2v) is 5.25. The predicted molar refractivity (Wildman–Crippen MR) is 91.5 cm³/mol. The van der Waals surface area contributed by atoms with Gasteiger partial charge in [-0.2, -0.15) is 0 Å². The summed E-state index contributed by atoms with van der Waals surface area (Å²) >= 11 is 0. The number of carbonyl (C=O) groups excluding carboxylic acids is 2. The standard InChI is InChI=1S/C18H20FN3O3/c1-25-16-5-3-2-4-14(16)11-20-17(23)12-22-18(24)21-10-13-6-8-15(19)9-7-13/h2-9H,10-12H2,1H3,(H,20,23)(H2,21,22,24). The Kier molecular flexibility index (Phi) is 6.76. The Morgan fingerprint density at radius 2 is 1.68 bits per heavy atom. The number of hydrogen-bond donors (Lipinski definition) is 3. The van der Waals surface area contributed by atoms with E-state index in [1.165, 1.54) is 12.1 Å². The molecule has 0 bridgehead atoms. The lowest BCUT2D eigenvalue weighted by Crippen LogP contribution is -2.41. The molecule has 0 fully saturated rings. The highest BCUT2D eigenvalue weighted by Gasteiger charge is 2.07. The van der Waals surface area contributed by atoms with E-state index in [-0.39, 0.29) is 24.8 Å². The van der Waals surface area contributed by atoms with Crippen LogP contribution in [0.4, 0.5) is 9.18 Å². The summed E-state index contributed by atoms with van der Waals surface area (Å²) in [6, 6.07) is 12.7. The highest BCUT2D eigenvalue weighted by atomic mass is 19.1. The van der Waals surface area contributed by atoms with Crippen molar-refractivity contribution in [2.75, 3.05) is 13.7 Å². The molecule has 25 heavy (non-hydrogen) atoms. The van der Waals surface area contributed by atoms with Crippen LogP contribution in [0.3, 0.4) is 0 Å². The number of benzene rings is 2. The molecule has 0 aliphatic carbocycles. The monoisotopic (exact) mass is 345 g/mol. The zero-order chi connectivity index (χ0) is 18.1. The molecule has 3 amide bonds. The molecule has 2 aromatic rings. The largest absolute Gasteiger partial charge is 0.496 e. The van der Waals surface area contributed by atoms with Gasteiger partial charge >= 0.3 is 6.03 Å². The fraction of sp³-hybridized carbons (Fsp3) is 0.222. The van der Waals surface area contributed by atoms with Crippen molar-refractivity contribution in [3.05, 3.63) is 65.5 Å². The summed E-state index contributed by atoms with van der Waals surface area (Å²) in [4.78, 5) is 23.5. The van der Waals surface area contributed by atoms with E-state index in [1.54, 1.807) is 19.2 Å². The third-order valence-electron chi connectivity index (χ3n) is 3.44. The lowest BCUT2D eigenvalue weighted by Gasteiger charge is -2.10. The smallest absolute Gasteiger partial charge is 0.315 e. The maximum Gasteiger partial charge on any atom is 0.315 e. The Balaban J connectivity index is 1.68. The number of carbonyl (C=O) groups is 2. The van der Waals surface area contributed by atoms with Gasteiger partial charge in [0, 0.05) is 18.7 Å². The zero-order valence-corrected chi connectivity index (χ0v) is 13.8. The molecule has 0 unspecified atom stereocenters. The molecular formula is C18H20FN3O3. The van der Waals surface area contributed by atoms with Crippen LogP contribution >= 0.6 is 0 Å². The van der Waals surface area contributed by atoms with Gasteiger partial charge in [-0.3, -0.25) is 4.79 Å². The van der Waals surface area contributed by atoms with Crippen LogP contribution in [0.5, 0.6) is 5.75 Å². The summed E-state index contributed by atoms with van der Waals surface area (Å²) in [5.41, 5.74) is 1.61. The normalized spacial score (nSPS) is 10.0. The number of halogens is 1. The molecule has 0 heterocycles. The second-order valence-electron chi connectivity index (χ2n) is 5.25. The number of ether oxygens (including phenoxy) is 1. The van der Waals surface area contributed by atoms with Gasteiger partial charge in [0.25, 0.3) is 0 Å². The third kappa shape index (κ3) is 6.14. The molecule has 132 valence electrons. The first-order valence-corrected chi connectivity index (χ1v) is 7.73. The van der Waals surface area contributed by atoms with E-state index in [1.807, 2.05) is 24.3 Å². The van der Waals surface area contributed by atoms with Gasteiger partial charge in [-0.05, 0) is 23.8 Å². The average Bonchev–Trinajstić information content (AvgIpc) is 2.64. The van der Waals surface area contributed by atoms with E-state index < -0.39 is 6.03 Å². The molecule has 2 rings (SSSR count). The Morgan fingerprint density at radius 1 is 0.960 bits per heavy atom. The quantitative estimate of drug-likeness (QED) is 0.718. The molecule has 0 aromatic heterocycles. The van der Waals surface area contributed by atoms with Crippen LogP contribution in [0.15, 0.2) is 48.5 Å². The van der Waals surface area contributed by atoms with E-state index in [2.05, 4.69) is 16.0 Å². The van der Waals surface area contributed by atoms with E-state index in [4.69, 9.17) is 4.74 Å². The lowest BCUT2D eigenvalue weighted by atomic mass is 10.2. The van der Waals surface area contributed by atoms with Gasteiger partial charge in [0.15, 0.2) is 0 Å². The number of methoxy groups -OCH3 is 1. The number of nitrogens with one attached hydrogen (secondary N) is 3. The molecule has 0 spiro atoms. The van der Waals surface area contributed by atoms with E-state index in [9.17, 15) is 14.0 Å². The van der Waals surface area contributed by atoms with Crippen LogP contribution in [0.1, 0.15) is 11.1 Å². The topological polar surface area (TPSA) is 79.5 Å². The summed E-state index contributed by atoms with van der Waals surface area (Å²) < 4.78 is 18.0. The van der Waals surface area contributed by atoms with E-state index >= 15 is 0 Å². The van der Waals surface area contributed by atoms with Crippen LogP contribution in [-0.2, 0) is 17.9 Å². The summed E-state index contributed by atoms with van der Waals surface area (Å²) in [6.45, 7) is 0.404. The summed E-state index contributed by atoms with van der Waals surface area (Å²) in [6.07, 6.45) is 0. The third-order valence-corrected chi connectivity index (χ3v) is 3.44. The van der Waals surface area contributed by atoms with Crippen LogP contribution in [0, 0.1) is 5.82 Å². The number of hydrogen-bond acceptors (Lipinski definition) is 3. The second kappa shape index (κ2) is 9.27. The fourth-order valence-electron chi connectivity index (χ4n) is 2.11. The zero-order valence-electron chi connectivity index (χ0n) is 13.8. The van der Waals surface area contributed by atoms with Crippen molar-refractivity contribution in [2.24, 2.45) is 0 Å². The van der Waals surface area contributed by atoms with Crippen molar-refractivity contribution < 1.29 is 18.7 Å². The Labute approximate surface area is 145 Å². The van der Waals surface area contributed by atoms with Gasteiger partial charge in [-0.15, -0.1) is 0 Å². The molecule has 0 radical (unpaired) electrons. The maximum atomic E-state index is 12.8. The summed E-state index contributed by atoms with van der Waals surface area (Å²) in [7, 11) is 1.56. The van der Waals surface area contributed by atoms with Crippen molar-refractivity contribution in [2.45, 2.75) is 13.1 Å². The fourth-order valence-corrected chi connectivity index (χ4v) is 2.11. The number of urea groups is 1. The molecule has 0 saturated heterocycles. The number of para-hydroxylation sites is 1. The van der Waals surface area contributed by atoms with Crippen molar-refractivity contribution >= 4 is 11.9 Å². The molecule has 3 N–H and O–H groups in total. The van der Waals surface area contributed by atoms with Crippen LogP contribution in [0.25, 0.3) is 0 Å². The van der Waals surface area contributed by atoms with Gasteiger partial charge in [-0.1, -0.05) is 30.3 Å². The first-order chi connectivity index (χ1) is 12.1. The minimum absolute atomic E-state index is 0.148. The van der Waals surface area contributed by atoms with Crippen LogP contribution in [-0.4, -0.2) is 25.6 Å². The van der Waals surface area contributed by atoms with Gasteiger partial charge < -0.3 is 20.7 Å². The average molecular weight is 345 g/mol. The van der Waals surface area contributed by atoms with Crippen LogP contribution in [0.2, 0.25) is 0 Å². The SMILES string of the molecule is COc1ccccc1CNC(=O)CNC(=O)NCc1ccc(F)cc1. The highest BCUT2D eigenvalue weighted by Crippen LogP contribution is 2.16. The molecule has 0 saturated carbocycles.